The number of anilines is 1. The van der Waals surface area contributed by atoms with Crippen LogP contribution in [0.3, 0.4) is 0 Å². The number of hydrogen-bond acceptors (Lipinski definition) is 2. The van der Waals surface area contributed by atoms with Gasteiger partial charge in [0.15, 0.2) is 5.60 Å². The SMILES string of the molecule is O=C1N(Cc2ccccc2)c2ccc(Cl)cc2[C@]1(O)c1ccc(-c2ccccc2)cc1. The average molecular weight is 426 g/mol. The predicted molar refractivity (Wildman–Crippen MR) is 124 cm³/mol. The third-order valence-corrected chi connectivity index (χ3v) is 6.02. The molecule has 0 aromatic heterocycles. The minimum atomic E-state index is -1.79. The van der Waals surface area contributed by atoms with Crippen molar-refractivity contribution in [1.82, 2.24) is 0 Å². The number of halogens is 1. The van der Waals surface area contributed by atoms with E-state index in [1.54, 1.807) is 23.1 Å². The molecular weight excluding hydrogens is 406 g/mol. The molecule has 5 rings (SSSR count). The highest BCUT2D eigenvalue weighted by Crippen LogP contribution is 2.46. The highest BCUT2D eigenvalue weighted by atomic mass is 35.5. The fourth-order valence-corrected chi connectivity index (χ4v) is 4.36. The Morgan fingerprint density at radius 3 is 2.06 bits per heavy atom. The van der Waals surface area contributed by atoms with Gasteiger partial charge in [-0.15, -0.1) is 0 Å². The van der Waals surface area contributed by atoms with Gasteiger partial charge in [0.1, 0.15) is 0 Å². The van der Waals surface area contributed by atoms with E-state index in [1.165, 1.54) is 0 Å². The Labute approximate surface area is 186 Å². The highest BCUT2D eigenvalue weighted by Gasteiger charge is 2.51. The van der Waals surface area contributed by atoms with Gasteiger partial charge in [-0.2, -0.15) is 0 Å². The van der Waals surface area contributed by atoms with Gasteiger partial charge in [0.2, 0.25) is 0 Å². The normalized spacial score (nSPS) is 17.6. The molecule has 1 N–H and O–H groups in total. The summed E-state index contributed by atoms with van der Waals surface area (Å²) in [7, 11) is 0. The largest absolute Gasteiger partial charge is 0.372 e. The van der Waals surface area contributed by atoms with Crippen LogP contribution in [0.4, 0.5) is 5.69 Å². The van der Waals surface area contributed by atoms with Crippen LogP contribution in [-0.2, 0) is 16.9 Å². The number of amides is 1. The number of rotatable bonds is 4. The zero-order valence-electron chi connectivity index (χ0n) is 16.7. The summed E-state index contributed by atoms with van der Waals surface area (Å²) in [5, 5.41) is 12.2. The van der Waals surface area contributed by atoms with Crippen LogP contribution in [0.5, 0.6) is 0 Å². The molecule has 1 atom stereocenters. The maximum Gasteiger partial charge on any atom is 0.268 e. The quantitative estimate of drug-likeness (QED) is 0.449. The molecule has 0 saturated heterocycles. The van der Waals surface area contributed by atoms with Crippen LogP contribution in [0.25, 0.3) is 11.1 Å². The molecule has 0 unspecified atom stereocenters. The van der Waals surface area contributed by atoms with Crippen LogP contribution in [-0.4, -0.2) is 11.0 Å². The summed E-state index contributed by atoms with van der Waals surface area (Å²) >= 11 is 6.26. The fraction of sp³-hybridized carbons (Fsp3) is 0.0741. The minimum Gasteiger partial charge on any atom is -0.372 e. The van der Waals surface area contributed by atoms with Crippen molar-refractivity contribution >= 4 is 23.2 Å². The van der Waals surface area contributed by atoms with Gasteiger partial charge in [0.25, 0.3) is 5.91 Å². The Balaban J connectivity index is 1.58. The fourth-order valence-electron chi connectivity index (χ4n) is 4.19. The Hall–Kier alpha value is -3.40. The van der Waals surface area contributed by atoms with E-state index in [4.69, 9.17) is 11.6 Å². The third kappa shape index (κ3) is 3.32. The molecule has 0 radical (unpaired) electrons. The molecule has 3 nitrogen and oxygen atoms in total. The maximum absolute atomic E-state index is 13.6. The number of hydrogen-bond donors (Lipinski definition) is 1. The molecule has 0 bridgehead atoms. The van der Waals surface area contributed by atoms with Gasteiger partial charge in [-0.05, 0) is 40.5 Å². The van der Waals surface area contributed by atoms with E-state index in [-0.39, 0.29) is 5.91 Å². The molecule has 0 spiro atoms. The Morgan fingerprint density at radius 2 is 1.39 bits per heavy atom. The summed E-state index contributed by atoms with van der Waals surface area (Å²) in [5.41, 5.74) is 3.00. The smallest absolute Gasteiger partial charge is 0.268 e. The average Bonchev–Trinajstić information content (AvgIpc) is 3.02. The van der Waals surface area contributed by atoms with Crippen LogP contribution in [0, 0.1) is 0 Å². The maximum atomic E-state index is 13.6. The van der Waals surface area contributed by atoms with Gasteiger partial charge in [-0.1, -0.05) is 96.5 Å². The molecule has 1 aliphatic rings. The number of carbonyl (C=O) groups excluding carboxylic acids is 1. The first-order chi connectivity index (χ1) is 15.1. The summed E-state index contributed by atoms with van der Waals surface area (Å²) in [4.78, 5) is 15.2. The Kier molecular flexibility index (Phi) is 4.85. The minimum absolute atomic E-state index is 0.374. The first-order valence-corrected chi connectivity index (χ1v) is 10.5. The lowest BCUT2D eigenvalue weighted by atomic mass is 9.86. The van der Waals surface area contributed by atoms with Crippen LogP contribution in [0.1, 0.15) is 16.7 Å². The van der Waals surface area contributed by atoms with Crippen LogP contribution < -0.4 is 4.90 Å². The number of nitrogens with zero attached hydrogens (tertiary/aromatic N) is 1. The van der Waals surface area contributed by atoms with Gasteiger partial charge >= 0.3 is 0 Å². The molecule has 4 aromatic carbocycles. The zero-order chi connectivity index (χ0) is 21.4. The van der Waals surface area contributed by atoms with E-state index in [9.17, 15) is 9.90 Å². The van der Waals surface area contributed by atoms with Crippen molar-refractivity contribution in [2.75, 3.05) is 4.90 Å². The van der Waals surface area contributed by atoms with E-state index < -0.39 is 5.60 Å². The molecule has 1 heterocycles. The van der Waals surface area contributed by atoms with E-state index in [1.807, 2.05) is 84.9 Å². The first kappa shape index (κ1) is 19.6. The predicted octanol–water partition coefficient (Wildman–Crippen LogP) is 5.79. The van der Waals surface area contributed by atoms with Crippen molar-refractivity contribution in [1.29, 1.82) is 0 Å². The molecule has 0 fully saturated rings. The van der Waals surface area contributed by atoms with E-state index in [0.29, 0.717) is 28.4 Å². The lowest BCUT2D eigenvalue weighted by Crippen LogP contribution is -2.40. The summed E-state index contributed by atoms with van der Waals surface area (Å²) in [6.07, 6.45) is 0. The van der Waals surface area contributed by atoms with E-state index in [0.717, 1.165) is 16.7 Å². The molecule has 0 aliphatic carbocycles. The van der Waals surface area contributed by atoms with Gasteiger partial charge in [0.05, 0.1) is 12.2 Å². The lowest BCUT2D eigenvalue weighted by molar-refractivity contribution is -0.132. The van der Waals surface area contributed by atoms with E-state index in [2.05, 4.69) is 0 Å². The summed E-state index contributed by atoms with van der Waals surface area (Å²) in [5.74, 6) is -0.374. The summed E-state index contributed by atoms with van der Waals surface area (Å²) < 4.78 is 0. The number of benzene rings is 4. The third-order valence-electron chi connectivity index (χ3n) is 5.79. The van der Waals surface area contributed by atoms with Gasteiger partial charge in [-0.3, -0.25) is 4.79 Å². The number of aliphatic hydroxyl groups is 1. The second-order valence-electron chi connectivity index (χ2n) is 7.69. The van der Waals surface area contributed by atoms with Gasteiger partial charge in [0, 0.05) is 10.6 Å². The van der Waals surface area contributed by atoms with E-state index >= 15 is 0 Å². The molecule has 152 valence electrons. The molecule has 4 aromatic rings. The molecule has 1 amide bonds. The zero-order valence-corrected chi connectivity index (χ0v) is 17.5. The van der Waals surface area contributed by atoms with Gasteiger partial charge in [-0.25, -0.2) is 0 Å². The molecule has 1 aliphatic heterocycles. The topological polar surface area (TPSA) is 40.5 Å². The van der Waals surface area contributed by atoms with Crippen LogP contribution >= 0.6 is 11.6 Å². The molecule has 0 saturated carbocycles. The Morgan fingerprint density at radius 1 is 0.774 bits per heavy atom. The van der Waals surface area contributed by atoms with Crippen molar-refractivity contribution < 1.29 is 9.90 Å². The first-order valence-electron chi connectivity index (χ1n) is 10.1. The molecule has 31 heavy (non-hydrogen) atoms. The standard InChI is InChI=1S/C27H20ClNO2/c28-23-15-16-25-24(17-23)27(31,26(30)29(25)18-19-7-3-1-4-8-19)22-13-11-21(12-14-22)20-9-5-2-6-10-20/h1-17,31H,18H2/t27-/m1/s1. The Bertz CT molecular complexity index is 1240. The van der Waals surface area contributed by atoms with Crippen molar-refractivity contribution in [3.63, 3.8) is 0 Å². The van der Waals surface area contributed by atoms with Crippen molar-refractivity contribution in [3.05, 3.63) is 125 Å². The van der Waals surface area contributed by atoms with Crippen molar-refractivity contribution in [2.45, 2.75) is 12.1 Å². The molecular formula is C27H20ClNO2. The monoisotopic (exact) mass is 425 g/mol. The summed E-state index contributed by atoms with van der Waals surface area (Å²) in [6.45, 7) is 0.374. The number of fused-ring (bicyclic) bond motifs is 1. The second kappa shape index (κ2) is 7.69. The van der Waals surface area contributed by atoms with Crippen LogP contribution in [0.2, 0.25) is 5.02 Å². The van der Waals surface area contributed by atoms with Gasteiger partial charge < -0.3 is 10.0 Å². The van der Waals surface area contributed by atoms with Crippen LogP contribution in [0.15, 0.2) is 103 Å². The van der Waals surface area contributed by atoms with Crippen molar-refractivity contribution in [3.8, 4) is 11.1 Å². The molecule has 4 heteroatoms. The van der Waals surface area contributed by atoms with Crippen molar-refractivity contribution in [2.24, 2.45) is 0 Å². The highest BCUT2D eigenvalue weighted by molar-refractivity contribution is 6.31. The lowest BCUT2D eigenvalue weighted by Gasteiger charge is -2.24. The second-order valence-corrected chi connectivity index (χ2v) is 8.13. The summed E-state index contributed by atoms with van der Waals surface area (Å²) in [6, 6.07) is 32.5. The number of carbonyl (C=O) groups is 1.